The van der Waals surface area contributed by atoms with E-state index in [1.165, 1.54) is 28.6 Å². The van der Waals surface area contributed by atoms with Crippen molar-refractivity contribution < 1.29 is 28.9 Å². The number of ether oxygens (including phenoxy) is 1. The first-order valence-corrected chi connectivity index (χ1v) is 9.78. The lowest BCUT2D eigenvalue weighted by Gasteiger charge is -2.37. The van der Waals surface area contributed by atoms with Gasteiger partial charge in [0.1, 0.15) is 11.5 Å². The van der Waals surface area contributed by atoms with Crippen molar-refractivity contribution in [3.8, 4) is 11.3 Å². The molecular formula is C20H23FN4O5. The largest absolute Gasteiger partial charge is 0.479 e. The van der Waals surface area contributed by atoms with Gasteiger partial charge in [0.2, 0.25) is 0 Å². The Morgan fingerprint density at radius 1 is 1.33 bits per heavy atom. The van der Waals surface area contributed by atoms with Gasteiger partial charge in [-0.1, -0.05) is 11.3 Å². The van der Waals surface area contributed by atoms with Crippen LogP contribution in [0, 0.1) is 5.82 Å². The second-order valence-corrected chi connectivity index (χ2v) is 8.19. The van der Waals surface area contributed by atoms with Gasteiger partial charge in [0.25, 0.3) is 5.91 Å². The third-order valence-electron chi connectivity index (χ3n) is 5.79. The summed E-state index contributed by atoms with van der Waals surface area (Å²) < 4.78 is 21.6. The molecule has 1 aromatic heterocycles. The van der Waals surface area contributed by atoms with Gasteiger partial charge in [-0.2, -0.15) is 0 Å². The van der Waals surface area contributed by atoms with Crippen molar-refractivity contribution in [1.29, 1.82) is 0 Å². The lowest BCUT2D eigenvalue weighted by molar-refractivity contribution is -0.171. The summed E-state index contributed by atoms with van der Waals surface area (Å²) in [6.45, 7) is 1.79. The molecule has 4 rings (SSSR count). The average Bonchev–Trinajstić information content (AvgIpc) is 3.14. The van der Waals surface area contributed by atoms with Crippen LogP contribution >= 0.6 is 0 Å². The first-order valence-electron chi connectivity index (χ1n) is 9.78. The molecule has 2 N–H and O–H groups in total. The normalized spacial score (nSPS) is 23.1. The summed E-state index contributed by atoms with van der Waals surface area (Å²) in [6.07, 6.45) is 4.05. The molecule has 1 aromatic carbocycles. The molecule has 0 bridgehead atoms. The Kier molecular flexibility index (Phi) is 5.07. The number of morpholine rings is 1. The summed E-state index contributed by atoms with van der Waals surface area (Å²) in [5.41, 5.74) is -1.54. The van der Waals surface area contributed by atoms with Gasteiger partial charge in [-0.3, -0.25) is 4.79 Å². The number of carbonyl (C=O) groups excluding carboxylic acids is 1. The lowest BCUT2D eigenvalue weighted by atomic mass is 9.80. The predicted octanol–water partition coefficient (Wildman–Crippen LogP) is 1.31. The third kappa shape index (κ3) is 3.80. The van der Waals surface area contributed by atoms with E-state index in [0.29, 0.717) is 17.8 Å². The van der Waals surface area contributed by atoms with Gasteiger partial charge < -0.3 is 19.8 Å². The Morgan fingerprint density at radius 3 is 2.73 bits per heavy atom. The van der Waals surface area contributed by atoms with Crippen LogP contribution in [0.25, 0.3) is 11.3 Å². The molecule has 1 aliphatic carbocycles. The molecule has 1 saturated carbocycles. The molecule has 2 fully saturated rings. The van der Waals surface area contributed by atoms with E-state index in [4.69, 9.17) is 4.74 Å². The number of halogens is 1. The number of nitrogens with zero attached hydrogens (tertiary/aromatic N) is 4. The van der Waals surface area contributed by atoms with Gasteiger partial charge in [-0.25, -0.2) is 13.9 Å². The number of carboxylic acid groups (broad SMARTS) is 1. The van der Waals surface area contributed by atoms with Gasteiger partial charge in [-0.15, -0.1) is 5.10 Å². The van der Waals surface area contributed by atoms with Crippen molar-refractivity contribution >= 4 is 11.9 Å². The molecule has 1 unspecified atom stereocenters. The second-order valence-electron chi connectivity index (χ2n) is 8.19. The zero-order chi connectivity index (χ0) is 21.5. The number of hydrogen-bond donors (Lipinski definition) is 2. The molecule has 30 heavy (non-hydrogen) atoms. The highest BCUT2D eigenvalue weighted by molar-refractivity contribution is 5.95. The Balaban J connectivity index is 1.50. The minimum absolute atomic E-state index is 0.0592. The average molecular weight is 418 g/mol. The summed E-state index contributed by atoms with van der Waals surface area (Å²) in [6, 6.07) is 4.13. The Morgan fingerprint density at radius 2 is 2.10 bits per heavy atom. The fraction of sp³-hybridized carbons (Fsp3) is 0.500. The highest BCUT2D eigenvalue weighted by Gasteiger charge is 2.41. The van der Waals surface area contributed by atoms with Gasteiger partial charge in [0.05, 0.1) is 37.1 Å². The van der Waals surface area contributed by atoms with Crippen LogP contribution in [0.15, 0.2) is 24.4 Å². The van der Waals surface area contributed by atoms with Gasteiger partial charge in [0.15, 0.2) is 5.60 Å². The van der Waals surface area contributed by atoms with Crippen molar-refractivity contribution in [2.24, 2.45) is 0 Å². The van der Waals surface area contributed by atoms with E-state index in [1.54, 1.807) is 12.3 Å². The van der Waals surface area contributed by atoms with Gasteiger partial charge in [0, 0.05) is 12.1 Å². The van der Waals surface area contributed by atoms with Crippen LogP contribution in [-0.2, 0) is 16.1 Å². The number of rotatable bonds is 5. The molecule has 0 radical (unpaired) electrons. The molecule has 2 aliphatic rings. The smallest absolute Gasteiger partial charge is 0.337 e. The number of benzene rings is 1. The fourth-order valence-electron chi connectivity index (χ4n) is 3.74. The van der Waals surface area contributed by atoms with E-state index in [9.17, 15) is 24.2 Å². The summed E-state index contributed by atoms with van der Waals surface area (Å²) in [5, 5.41) is 27.6. The zero-order valence-corrected chi connectivity index (χ0v) is 16.5. The molecule has 160 valence electrons. The Hall–Kier alpha value is -2.85. The highest BCUT2D eigenvalue weighted by Crippen LogP contribution is 2.33. The highest BCUT2D eigenvalue weighted by atomic mass is 19.1. The zero-order valence-electron chi connectivity index (χ0n) is 16.5. The maximum Gasteiger partial charge on any atom is 0.337 e. The monoisotopic (exact) mass is 418 g/mol. The maximum atomic E-state index is 14.7. The summed E-state index contributed by atoms with van der Waals surface area (Å²) >= 11 is 0. The topological polar surface area (TPSA) is 118 Å². The molecule has 0 spiro atoms. The Labute approximate surface area is 172 Å². The summed E-state index contributed by atoms with van der Waals surface area (Å²) in [5.74, 6) is -2.50. The molecule has 1 atom stereocenters. The van der Waals surface area contributed by atoms with Gasteiger partial charge >= 0.3 is 5.97 Å². The van der Waals surface area contributed by atoms with Gasteiger partial charge in [-0.05, 0) is 38.3 Å². The van der Waals surface area contributed by atoms with Crippen LogP contribution in [-0.4, -0.2) is 72.9 Å². The van der Waals surface area contributed by atoms with E-state index in [1.807, 2.05) is 0 Å². The minimum Gasteiger partial charge on any atom is -0.479 e. The second kappa shape index (κ2) is 7.44. The lowest BCUT2D eigenvalue weighted by Crippen LogP contribution is -2.56. The maximum absolute atomic E-state index is 14.7. The predicted molar refractivity (Wildman–Crippen MR) is 102 cm³/mol. The number of hydrogen-bond acceptors (Lipinski definition) is 6. The van der Waals surface area contributed by atoms with E-state index in [0.717, 1.165) is 19.3 Å². The number of amides is 1. The molecule has 9 nitrogen and oxygen atoms in total. The molecule has 2 aromatic rings. The first-order chi connectivity index (χ1) is 14.2. The van der Waals surface area contributed by atoms with Crippen molar-refractivity contribution in [2.75, 3.05) is 19.7 Å². The molecule has 2 heterocycles. The van der Waals surface area contributed by atoms with Crippen LogP contribution in [0.5, 0.6) is 0 Å². The molecule has 10 heteroatoms. The van der Waals surface area contributed by atoms with E-state index in [-0.39, 0.29) is 25.3 Å². The van der Waals surface area contributed by atoms with E-state index < -0.39 is 28.9 Å². The SMILES string of the molecule is CC1(C(=O)O)CN(C(=O)c2ccc(-c3cn(CC4(O)CCC4)nn3)cc2F)CCO1. The van der Waals surface area contributed by atoms with Crippen molar-refractivity contribution in [2.45, 2.75) is 43.9 Å². The van der Waals surface area contributed by atoms with Crippen LogP contribution in [0.4, 0.5) is 4.39 Å². The van der Waals surface area contributed by atoms with Crippen molar-refractivity contribution in [1.82, 2.24) is 19.9 Å². The van der Waals surface area contributed by atoms with Crippen molar-refractivity contribution in [3.05, 3.63) is 35.8 Å². The molecule has 1 aliphatic heterocycles. The van der Waals surface area contributed by atoms with Crippen LogP contribution in [0.2, 0.25) is 0 Å². The quantitative estimate of drug-likeness (QED) is 0.752. The standard InChI is InChI=1S/C20H23FN4O5/c1-19(18(27)28)11-24(7-8-30-19)17(26)14-4-3-13(9-15(14)21)16-10-25(23-22-16)12-20(29)5-2-6-20/h3-4,9-10,29H,2,5-8,11-12H2,1H3,(H,27,28). The molecule has 1 saturated heterocycles. The van der Waals surface area contributed by atoms with Crippen molar-refractivity contribution in [3.63, 3.8) is 0 Å². The number of aliphatic hydroxyl groups is 1. The molecular weight excluding hydrogens is 395 g/mol. The first kappa shape index (κ1) is 20.4. The number of aromatic nitrogens is 3. The third-order valence-corrected chi connectivity index (χ3v) is 5.79. The molecule has 1 amide bonds. The fourth-order valence-corrected chi connectivity index (χ4v) is 3.74. The van der Waals surface area contributed by atoms with Crippen LogP contribution in [0.1, 0.15) is 36.5 Å². The number of aliphatic carboxylic acids is 1. The number of carboxylic acids is 1. The summed E-state index contributed by atoms with van der Waals surface area (Å²) in [7, 11) is 0. The van der Waals surface area contributed by atoms with E-state index >= 15 is 0 Å². The Bertz CT molecular complexity index is 989. The van der Waals surface area contributed by atoms with Crippen LogP contribution < -0.4 is 0 Å². The summed E-state index contributed by atoms with van der Waals surface area (Å²) in [4.78, 5) is 25.4. The minimum atomic E-state index is -1.52. The van der Waals surface area contributed by atoms with E-state index in [2.05, 4.69) is 10.3 Å². The number of carbonyl (C=O) groups is 2. The van der Waals surface area contributed by atoms with Crippen LogP contribution in [0.3, 0.4) is 0 Å².